The molecule has 0 aromatic carbocycles. The van der Waals surface area contributed by atoms with E-state index in [4.69, 9.17) is 0 Å². The number of carbonyl (C=O) groups is 1. The minimum Gasteiger partial charge on any atom is -0.259 e. The van der Waals surface area contributed by atoms with Crippen LogP contribution in [0.3, 0.4) is 0 Å². The lowest BCUT2D eigenvalue weighted by atomic mass is 11.1. The van der Waals surface area contributed by atoms with Crippen LogP contribution in [0.2, 0.25) is 0 Å². The minimum atomic E-state index is -0.560. The monoisotopic (exact) mass is 120 g/mol. The molecule has 8 N–H and O–H groups in total. The molecule has 48 valence electrons. The fourth-order valence-corrected chi connectivity index (χ4v) is 0.162. The molecule has 2 amide bonds. The molecule has 0 atom stereocenters. The first kappa shape index (κ1) is 7.11. The van der Waals surface area contributed by atoms with Gasteiger partial charge in [-0.1, -0.05) is 0 Å². The zero-order chi connectivity index (χ0) is 6.41. The second-order valence-electron chi connectivity index (χ2n) is 0.868. The number of nitrogens with one attached hydrogen (secondary N) is 4. The van der Waals surface area contributed by atoms with Gasteiger partial charge in [0.15, 0.2) is 0 Å². The average molecular weight is 120 g/mol. The molecule has 0 saturated carbocycles. The smallest absolute Gasteiger partial charge is 0.259 e. The number of urea groups is 1. The van der Waals surface area contributed by atoms with E-state index < -0.39 is 6.03 Å². The molecular formula is CH8N6O. The SMILES string of the molecule is NNNC(=O)NNN. The lowest BCUT2D eigenvalue weighted by Crippen LogP contribution is -2.53. The van der Waals surface area contributed by atoms with Crippen LogP contribution in [0.5, 0.6) is 0 Å². The van der Waals surface area contributed by atoms with Crippen LogP contribution >= 0.6 is 0 Å². The lowest BCUT2D eigenvalue weighted by Gasteiger charge is -2.01. The molecule has 0 heterocycles. The molecule has 8 heavy (non-hydrogen) atoms. The van der Waals surface area contributed by atoms with Gasteiger partial charge in [0, 0.05) is 0 Å². The highest BCUT2D eigenvalue weighted by Crippen LogP contribution is 1.47. The molecule has 7 nitrogen and oxygen atoms in total. The van der Waals surface area contributed by atoms with Crippen molar-refractivity contribution in [1.82, 2.24) is 21.9 Å². The molecule has 0 rings (SSSR count). The number of hydrogen-bond donors (Lipinski definition) is 6. The quantitative estimate of drug-likeness (QED) is 0.172. The van der Waals surface area contributed by atoms with Crippen LogP contribution in [0.4, 0.5) is 4.79 Å². The summed E-state index contributed by atoms with van der Waals surface area (Å²) in [5.74, 6) is 9.34. The number of hydrogen-bond acceptors (Lipinski definition) is 5. The zero-order valence-corrected chi connectivity index (χ0v) is 4.06. The van der Waals surface area contributed by atoms with Crippen LogP contribution < -0.4 is 33.6 Å². The standard InChI is InChI=1S/CH8N6O/c2-6-4-1(8)5-7-3/h6-7H,2-3H2,(H2,4,5,8). The van der Waals surface area contributed by atoms with Gasteiger partial charge in [0.25, 0.3) is 0 Å². The van der Waals surface area contributed by atoms with E-state index in [2.05, 4.69) is 11.7 Å². The Kier molecular flexibility index (Phi) is 3.80. The topological polar surface area (TPSA) is 117 Å². The highest BCUT2D eigenvalue weighted by molar-refractivity contribution is 5.72. The first-order chi connectivity index (χ1) is 3.81. The van der Waals surface area contributed by atoms with Crippen LogP contribution in [-0.2, 0) is 0 Å². The highest BCUT2D eigenvalue weighted by atomic mass is 16.2. The zero-order valence-electron chi connectivity index (χ0n) is 4.06. The van der Waals surface area contributed by atoms with Gasteiger partial charge < -0.3 is 0 Å². The second-order valence-corrected chi connectivity index (χ2v) is 0.868. The Labute approximate surface area is 45.7 Å². The van der Waals surface area contributed by atoms with Gasteiger partial charge in [-0.15, -0.1) is 0 Å². The Morgan fingerprint density at radius 3 is 1.75 bits per heavy atom. The maximum absolute atomic E-state index is 10.1. The van der Waals surface area contributed by atoms with Crippen LogP contribution in [0, 0.1) is 0 Å². The van der Waals surface area contributed by atoms with Crippen molar-refractivity contribution < 1.29 is 4.79 Å². The molecule has 0 saturated heterocycles. The van der Waals surface area contributed by atoms with Crippen molar-refractivity contribution >= 4 is 6.03 Å². The maximum Gasteiger partial charge on any atom is 0.345 e. The number of hydrazine groups is 4. The largest absolute Gasteiger partial charge is 0.345 e. The molecule has 0 unspecified atom stereocenters. The Morgan fingerprint density at radius 2 is 1.50 bits per heavy atom. The van der Waals surface area contributed by atoms with Crippen molar-refractivity contribution in [3.63, 3.8) is 0 Å². The van der Waals surface area contributed by atoms with Gasteiger partial charge in [0.2, 0.25) is 0 Å². The lowest BCUT2D eigenvalue weighted by molar-refractivity contribution is 0.232. The van der Waals surface area contributed by atoms with Crippen molar-refractivity contribution in [2.24, 2.45) is 11.7 Å². The Hall–Kier alpha value is -0.890. The normalized spacial score (nSPS) is 8.25. The predicted octanol–water partition coefficient (Wildman–Crippen LogP) is -2.96. The first-order valence-electron chi connectivity index (χ1n) is 1.78. The van der Waals surface area contributed by atoms with Crippen LogP contribution in [0.15, 0.2) is 0 Å². The van der Waals surface area contributed by atoms with Gasteiger partial charge >= 0.3 is 6.03 Å². The summed E-state index contributed by atoms with van der Waals surface area (Å²) in [5, 5.41) is 0. The number of amides is 2. The van der Waals surface area contributed by atoms with Crippen molar-refractivity contribution in [2.75, 3.05) is 0 Å². The molecular weight excluding hydrogens is 112 g/mol. The second kappa shape index (κ2) is 4.27. The Balaban J connectivity index is 3.06. The highest BCUT2D eigenvalue weighted by Gasteiger charge is 1.89. The average Bonchev–Trinajstić information content (AvgIpc) is 1.68. The Bertz CT molecular complexity index is 62.9. The third-order valence-corrected chi connectivity index (χ3v) is 0.371. The third-order valence-electron chi connectivity index (χ3n) is 0.371. The molecule has 0 aliphatic heterocycles. The molecule has 7 heteroatoms. The van der Waals surface area contributed by atoms with Crippen molar-refractivity contribution in [2.45, 2.75) is 0 Å². The molecule has 0 radical (unpaired) electrons. The molecule has 0 aliphatic carbocycles. The van der Waals surface area contributed by atoms with Gasteiger partial charge in [0.1, 0.15) is 0 Å². The van der Waals surface area contributed by atoms with Gasteiger partial charge in [-0.25, -0.2) is 4.79 Å². The summed E-state index contributed by atoms with van der Waals surface area (Å²) in [5.41, 5.74) is 7.75. The molecule has 0 fully saturated rings. The summed E-state index contributed by atoms with van der Waals surface area (Å²) in [4.78, 5) is 10.1. The van der Waals surface area contributed by atoms with E-state index >= 15 is 0 Å². The van der Waals surface area contributed by atoms with E-state index in [9.17, 15) is 4.79 Å². The molecule has 0 aliphatic rings. The Morgan fingerprint density at radius 1 is 1.12 bits per heavy atom. The summed E-state index contributed by atoms with van der Waals surface area (Å²) in [7, 11) is 0. The van der Waals surface area contributed by atoms with E-state index in [0.717, 1.165) is 0 Å². The van der Waals surface area contributed by atoms with Gasteiger partial charge in [-0.3, -0.25) is 22.5 Å². The molecule has 0 spiro atoms. The maximum atomic E-state index is 10.1. The van der Waals surface area contributed by atoms with E-state index in [0.29, 0.717) is 0 Å². The van der Waals surface area contributed by atoms with E-state index in [1.165, 1.54) is 0 Å². The predicted molar refractivity (Wildman–Crippen MR) is 26.3 cm³/mol. The molecule has 0 bridgehead atoms. The summed E-state index contributed by atoms with van der Waals surface area (Å²) >= 11 is 0. The fourth-order valence-electron chi connectivity index (χ4n) is 0.162. The number of carbonyl (C=O) groups excluding carboxylic acids is 1. The summed E-state index contributed by atoms with van der Waals surface area (Å²) in [6, 6.07) is -0.560. The molecule has 0 aromatic rings. The van der Waals surface area contributed by atoms with Crippen molar-refractivity contribution in [1.29, 1.82) is 0 Å². The van der Waals surface area contributed by atoms with Gasteiger partial charge in [0.05, 0.1) is 0 Å². The van der Waals surface area contributed by atoms with Gasteiger partial charge in [-0.2, -0.15) is 11.1 Å². The molecule has 0 aromatic heterocycles. The number of nitrogens with two attached hydrogens (primary N) is 2. The summed E-state index contributed by atoms with van der Waals surface area (Å²) < 4.78 is 0. The number of rotatable bonds is 2. The third kappa shape index (κ3) is 3.31. The van der Waals surface area contributed by atoms with E-state index in [-0.39, 0.29) is 0 Å². The minimum absolute atomic E-state index is 0.560. The van der Waals surface area contributed by atoms with E-state index in [1.807, 2.05) is 21.9 Å². The van der Waals surface area contributed by atoms with Crippen LogP contribution in [0.25, 0.3) is 0 Å². The van der Waals surface area contributed by atoms with E-state index in [1.54, 1.807) is 0 Å². The first-order valence-corrected chi connectivity index (χ1v) is 1.78. The fraction of sp³-hybridized carbons (Fsp3) is 0. The van der Waals surface area contributed by atoms with Crippen LogP contribution in [0.1, 0.15) is 0 Å². The van der Waals surface area contributed by atoms with Gasteiger partial charge in [-0.05, 0) is 0 Å². The van der Waals surface area contributed by atoms with Crippen LogP contribution in [-0.4, -0.2) is 6.03 Å². The summed E-state index contributed by atoms with van der Waals surface area (Å²) in [6.45, 7) is 0. The van der Waals surface area contributed by atoms with Crippen molar-refractivity contribution in [3.05, 3.63) is 0 Å². The van der Waals surface area contributed by atoms with Crippen molar-refractivity contribution in [3.8, 4) is 0 Å². The summed E-state index contributed by atoms with van der Waals surface area (Å²) in [6.07, 6.45) is 0.